The number of rotatable bonds is 4. The lowest BCUT2D eigenvalue weighted by Crippen LogP contribution is -2.48. The maximum Gasteiger partial charge on any atom is 0.244 e. The number of pyridine rings is 1. The Morgan fingerprint density at radius 2 is 2.00 bits per heavy atom. The molecule has 0 atom stereocenters. The molecule has 0 aliphatic carbocycles. The Bertz CT molecular complexity index is 722. The number of aromatic nitrogens is 2. The van der Waals surface area contributed by atoms with Crippen LogP contribution in [0.3, 0.4) is 0 Å². The molecule has 0 aromatic carbocycles. The normalized spacial score (nSPS) is 17.7. The van der Waals surface area contributed by atoms with E-state index in [1.807, 2.05) is 6.92 Å². The van der Waals surface area contributed by atoms with Gasteiger partial charge in [0.15, 0.2) is 0 Å². The molecule has 2 aromatic heterocycles. The smallest absolute Gasteiger partial charge is 0.244 e. The first-order valence-electron chi connectivity index (χ1n) is 7.09. The average Bonchev–Trinajstić information content (AvgIpc) is 2.94. The molecular weight excluding hydrogens is 304 g/mol. The molecule has 2 aromatic rings. The van der Waals surface area contributed by atoms with Crippen molar-refractivity contribution in [2.75, 3.05) is 26.2 Å². The molecule has 0 spiro atoms. The Labute approximate surface area is 129 Å². The van der Waals surface area contributed by atoms with Crippen molar-refractivity contribution in [3.63, 3.8) is 0 Å². The van der Waals surface area contributed by atoms with Gasteiger partial charge in [-0.2, -0.15) is 4.31 Å². The summed E-state index contributed by atoms with van der Waals surface area (Å²) in [5.41, 5.74) is 0. The van der Waals surface area contributed by atoms with Gasteiger partial charge < -0.3 is 4.42 Å². The minimum Gasteiger partial charge on any atom is -0.445 e. The predicted molar refractivity (Wildman–Crippen MR) is 79.5 cm³/mol. The third-order valence-corrected chi connectivity index (χ3v) is 5.51. The van der Waals surface area contributed by atoms with Crippen LogP contribution in [-0.4, -0.2) is 53.8 Å². The van der Waals surface area contributed by atoms with Crippen LogP contribution in [0.1, 0.15) is 11.7 Å². The molecule has 7 nitrogen and oxygen atoms in total. The molecule has 3 rings (SSSR count). The number of hydrogen-bond donors (Lipinski definition) is 0. The summed E-state index contributed by atoms with van der Waals surface area (Å²) >= 11 is 0. The van der Waals surface area contributed by atoms with Gasteiger partial charge in [-0.25, -0.2) is 13.4 Å². The number of aryl methyl sites for hydroxylation is 1. The van der Waals surface area contributed by atoms with E-state index in [4.69, 9.17) is 4.42 Å². The third-order valence-electron chi connectivity index (χ3n) is 3.63. The SMILES string of the molecule is Cc1cnc(CN2CCN(S(=O)(=O)c3cccnc3)CC2)o1. The number of nitrogens with zero attached hydrogens (tertiary/aromatic N) is 4. The van der Waals surface area contributed by atoms with Gasteiger partial charge in [-0.05, 0) is 19.1 Å². The third kappa shape index (κ3) is 3.18. The summed E-state index contributed by atoms with van der Waals surface area (Å²) in [6.07, 6.45) is 4.64. The highest BCUT2D eigenvalue weighted by molar-refractivity contribution is 7.89. The molecule has 3 heterocycles. The molecule has 22 heavy (non-hydrogen) atoms. The topological polar surface area (TPSA) is 79.5 Å². The first kappa shape index (κ1) is 15.1. The van der Waals surface area contributed by atoms with Crippen molar-refractivity contribution in [2.24, 2.45) is 0 Å². The van der Waals surface area contributed by atoms with Crippen LogP contribution in [0.25, 0.3) is 0 Å². The van der Waals surface area contributed by atoms with E-state index in [2.05, 4.69) is 14.9 Å². The van der Waals surface area contributed by atoms with E-state index in [9.17, 15) is 8.42 Å². The molecule has 0 amide bonds. The number of sulfonamides is 1. The first-order chi connectivity index (χ1) is 10.6. The maximum atomic E-state index is 12.5. The van der Waals surface area contributed by atoms with Gasteiger partial charge in [-0.15, -0.1) is 0 Å². The van der Waals surface area contributed by atoms with Crippen molar-refractivity contribution in [3.05, 3.63) is 42.4 Å². The highest BCUT2D eigenvalue weighted by Crippen LogP contribution is 2.17. The monoisotopic (exact) mass is 322 g/mol. The van der Waals surface area contributed by atoms with Gasteiger partial charge in [0, 0.05) is 38.6 Å². The van der Waals surface area contributed by atoms with Crippen molar-refractivity contribution in [2.45, 2.75) is 18.4 Å². The molecule has 0 unspecified atom stereocenters. The van der Waals surface area contributed by atoms with Crippen molar-refractivity contribution >= 4 is 10.0 Å². The van der Waals surface area contributed by atoms with E-state index in [1.165, 1.54) is 10.5 Å². The van der Waals surface area contributed by atoms with Gasteiger partial charge in [0.2, 0.25) is 15.9 Å². The number of oxazole rings is 1. The van der Waals surface area contributed by atoms with Crippen molar-refractivity contribution in [3.8, 4) is 0 Å². The standard InChI is InChI=1S/C14H18N4O3S/c1-12-9-16-14(21-12)11-17-5-7-18(8-6-17)22(19,20)13-3-2-4-15-10-13/h2-4,9-10H,5-8,11H2,1H3. The van der Waals surface area contributed by atoms with Gasteiger partial charge >= 0.3 is 0 Å². The lowest BCUT2D eigenvalue weighted by Gasteiger charge is -2.33. The zero-order valence-corrected chi connectivity index (χ0v) is 13.2. The van der Waals surface area contributed by atoms with Crippen LogP contribution < -0.4 is 0 Å². The summed E-state index contributed by atoms with van der Waals surface area (Å²) in [7, 11) is -3.45. The van der Waals surface area contributed by atoms with Crippen LogP contribution in [-0.2, 0) is 16.6 Å². The van der Waals surface area contributed by atoms with Gasteiger partial charge in [-0.1, -0.05) is 0 Å². The lowest BCUT2D eigenvalue weighted by molar-refractivity contribution is 0.167. The highest BCUT2D eigenvalue weighted by Gasteiger charge is 2.28. The largest absolute Gasteiger partial charge is 0.445 e. The first-order valence-corrected chi connectivity index (χ1v) is 8.53. The van der Waals surface area contributed by atoms with E-state index >= 15 is 0 Å². The van der Waals surface area contributed by atoms with Gasteiger partial charge in [0.05, 0.1) is 12.7 Å². The van der Waals surface area contributed by atoms with E-state index < -0.39 is 10.0 Å². The quantitative estimate of drug-likeness (QED) is 0.831. The van der Waals surface area contributed by atoms with Crippen LogP contribution in [0, 0.1) is 6.92 Å². The Balaban J connectivity index is 1.62. The highest BCUT2D eigenvalue weighted by atomic mass is 32.2. The number of hydrogen-bond acceptors (Lipinski definition) is 6. The Morgan fingerprint density at radius 1 is 1.23 bits per heavy atom. The van der Waals surface area contributed by atoms with Crippen LogP contribution in [0.5, 0.6) is 0 Å². The molecule has 8 heteroatoms. The van der Waals surface area contributed by atoms with Crippen LogP contribution >= 0.6 is 0 Å². The van der Waals surface area contributed by atoms with Crippen molar-refractivity contribution in [1.29, 1.82) is 0 Å². The summed E-state index contributed by atoms with van der Waals surface area (Å²) in [6.45, 7) is 4.68. The molecule has 1 aliphatic rings. The Morgan fingerprint density at radius 3 is 2.59 bits per heavy atom. The predicted octanol–water partition coefficient (Wildman–Crippen LogP) is 0.885. The van der Waals surface area contributed by atoms with E-state index in [1.54, 1.807) is 24.5 Å². The Hall–Kier alpha value is -1.77. The van der Waals surface area contributed by atoms with Crippen LogP contribution in [0.4, 0.5) is 0 Å². The number of piperazine rings is 1. The Kier molecular flexibility index (Phi) is 4.23. The molecule has 1 fully saturated rings. The fourth-order valence-corrected chi connectivity index (χ4v) is 3.83. The van der Waals surface area contributed by atoms with Crippen molar-refractivity contribution in [1.82, 2.24) is 19.2 Å². The van der Waals surface area contributed by atoms with E-state index in [0.717, 1.165) is 5.76 Å². The summed E-state index contributed by atoms with van der Waals surface area (Å²) < 4.78 is 31.9. The minimum absolute atomic E-state index is 0.242. The second-order valence-corrected chi connectivity index (χ2v) is 7.17. The van der Waals surface area contributed by atoms with Crippen molar-refractivity contribution < 1.29 is 12.8 Å². The molecule has 0 radical (unpaired) electrons. The fourth-order valence-electron chi connectivity index (χ4n) is 2.44. The molecule has 0 N–H and O–H groups in total. The lowest BCUT2D eigenvalue weighted by atomic mass is 10.3. The maximum absolute atomic E-state index is 12.5. The average molecular weight is 322 g/mol. The molecule has 1 aliphatic heterocycles. The zero-order valence-electron chi connectivity index (χ0n) is 12.3. The van der Waals surface area contributed by atoms with E-state index in [-0.39, 0.29) is 4.90 Å². The summed E-state index contributed by atoms with van der Waals surface area (Å²) in [4.78, 5) is 10.4. The molecule has 1 saturated heterocycles. The summed E-state index contributed by atoms with van der Waals surface area (Å²) in [5.74, 6) is 1.45. The molecule has 118 valence electrons. The fraction of sp³-hybridized carbons (Fsp3) is 0.429. The van der Waals surface area contributed by atoms with E-state index in [0.29, 0.717) is 38.6 Å². The van der Waals surface area contributed by atoms with Crippen LogP contribution in [0.15, 0.2) is 40.0 Å². The molecular formula is C14H18N4O3S. The van der Waals surface area contributed by atoms with Gasteiger partial charge in [-0.3, -0.25) is 9.88 Å². The second kappa shape index (κ2) is 6.15. The summed E-state index contributed by atoms with van der Waals surface area (Å²) in [6, 6.07) is 3.21. The summed E-state index contributed by atoms with van der Waals surface area (Å²) in [5, 5.41) is 0. The zero-order chi connectivity index (χ0) is 15.6. The minimum atomic E-state index is -3.45. The van der Waals surface area contributed by atoms with Gasteiger partial charge in [0.25, 0.3) is 0 Å². The van der Waals surface area contributed by atoms with Crippen LogP contribution in [0.2, 0.25) is 0 Å². The van der Waals surface area contributed by atoms with Gasteiger partial charge in [0.1, 0.15) is 10.7 Å². The molecule has 0 bridgehead atoms. The second-order valence-electron chi connectivity index (χ2n) is 5.23. The molecule has 0 saturated carbocycles.